The summed E-state index contributed by atoms with van der Waals surface area (Å²) in [5, 5.41) is 19.4. The van der Waals surface area contributed by atoms with E-state index in [9.17, 15) is 14.7 Å². The van der Waals surface area contributed by atoms with Gasteiger partial charge in [-0.1, -0.05) is 23.7 Å². The van der Waals surface area contributed by atoms with Crippen LogP contribution in [0.5, 0.6) is 17.2 Å². The van der Waals surface area contributed by atoms with Gasteiger partial charge in [0.2, 0.25) is 0 Å². The second-order valence-electron chi connectivity index (χ2n) is 8.02. The maximum absolute atomic E-state index is 13.2. The van der Waals surface area contributed by atoms with Gasteiger partial charge in [-0.05, 0) is 48.9 Å². The summed E-state index contributed by atoms with van der Waals surface area (Å²) in [6.07, 6.45) is -0.227. The number of aryl methyl sites for hydroxylation is 1. The van der Waals surface area contributed by atoms with Gasteiger partial charge in [-0.15, -0.1) is 0 Å². The monoisotopic (exact) mass is 513 g/mol. The van der Waals surface area contributed by atoms with E-state index < -0.39 is 18.3 Å². The summed E-state index contributed by atoms with van der Waals surface area (Å²) in [5.41, 5.74) is 2.39. The Morgan fingerprint density at radius 3 is 2.33 bits per heavy atom. The molecule has 0 fully saturated rings. The van der Waals surface area contributed by atoms with Crippen molar-refractivity contribution in [3.63, 3.8) is 0 Å². The number of carbonyl (C=O) groups excluding carboxylic acids is 2. The number of benzene rings is 2. The minimum Gasteiger partial charge on any atom is -0.494 e. The number of ether oxygens (including phenoxy) is 3. The van der Waals surface area contributed by atoms with Gasteiger partial charge in [0.15, 0.2) is 23.1 Å². The molecule has 0 saturated heterocycles. The molecule has 2 N–H and O–H groups in total. The summed E-state index contributed by atoms with van der Waals surface area (Å²) in [4.78, 5) is 30.7. The molecule has 3 rings (SSSR count). The van der Waals surface area contributed by atoms with Gasteiger partial charge < -0.3 is 24.4 Å². The van der Waals surface area contributed by atoms with Crippen molar-refractivity contribution >= 4 is 23.2 Å². The van der Waals surface area contributed by atoms with Crippen molar-refractivity contribution in [2.75, 3.05) is 34.0 Å². The normalized spacial score (nSPS) is 11.6. The Bertz CT molecular complexity index is 1240. The Morgan fingerprint density at radius 1 is 0.972 bits per heavy atom. The average molecular weight is 514 g/mol. The number of nitrogens with zero attached hydrogens (tertiary/aromatic N) is 1. The fourth-order valence-electron chi connectivity index (χ4n) is 3.60. The van der Waals surface area contributed by atoms with Gasteiger partial charge in [0.1, 0.15) is 23.7 Å². The molecule has 190 valence electrons. The van der Waals surface area contributed by atoms with Crippen LogP contribution in [0.1, 0.15) is 32.8 Å². The highest BCUT2D eigenvalue weighted by Gasteiger charge is 2.26. The highest BCUT2D eigenvalue weighted by Crippen LogP contribution is 2.32. The Morgan fingerprint density at radius 2 is 1.69 bits per heavy atom. The van der Waals surface area contributed by atoms with Crippen LogP contribution < -0.4 is 14.2 Å². The molecule has 36 heavy (non-hydrogen) atoms. The van der Waals surface area contributed by atoms with E-state index in [-0.39, 0.29) is 31.1 Å². The summed E-state index contributed by atoms with van der Waals surface area (Å²) in [7, 11) is 2.94. The Hall–Kier alpha value is -3.46. The van der Waals surface area contributed by atoms with E-state index in [0.29, 0.717) is 39.1 Å². The summed E-state index contributed by atoms with van der Waals surface area (Å²) < 4.78 is 16.1. The van der Waals surface area contributed by atoms with Crippen molar-refractivity contribution in [2.24, 2.45) is 5.92 Å². The molecule has 0 aliphatic heterocycles. The molecule has 2 aromatic carbocycles. The molecule has 0 aliphatic carbocycles. The molecule has 0 amide bonds. The van der Waals surface area contributed by atoms with Crippen LogP contribution >= 0.6 is 11.6 Å². The first-order chi connectivity index (χ1) is 17.3. The number of aromatic nitrogens is 1. The molecule has 0 radical (unpaired) electrons. The molecule has 0 spiro atoms. The summed E-state index contributed by atoms with van der Waals surface area (Å²) >= 11 is 6.27. The second-order valence-corrected chi connectivity index (χ2v) is 8.43. The fourth-order valence-corrected chi connectivity index (χ4v) is 3.78. The van der Waals surface area contributed by atoms with Gasteiger partial charge in [-0.3, -0.25) is 9.59 Å². The van der Waals surface area contributed by atoms with Crippen molar-refractivity contribution in [1.82, 2.24) is 4.98 Å². The van der Waals surface area contributed by atoms with E-state index in [0.717, 1.165) is 5.56 Å². The van der Waals surface area contributed by atoms with Crippen LogP contribution in [0.25, 0.3) is 11.3 Å². The minimum atomic E-state index is -0.996. The maximum atomic E-state index is 13.2. The van der Waals surface area contributed by atoms with Crippen LogP contribution in [-0.2, 0) is 0 Å². The lowest BCUT2D eigenvalue weighted by Gasteiger charge is -2.15. The first-order valence-electron chi connectivity index (χ1n) is 11.2. The third-order valence-electron chi connectivity index (χ3n) is 5.63. The standard InChI is InChI=1S/C27H28ClNO7/c1-16-4-5-18(12-20(16)28)26-24(34-2)9-7-21(29-26)27(33)19(15-31)13-22(32)17-6-8-23(36-11-10-30)25(14-17)35-3/h4-9,12,14,19,30-31H,10-11,13,15H2,1-3H3/t19-/m0/s1. The highest BCUT2D eigenvalue weighted by molar-refractivity contribution is 6.31. The molecule has 8 nitrogen and oxygen atoms in total. The number of halogens is 1. The van der Waals surface area contributed by atoms with Gasteiger partial charge in [-0.25, -0.2) is 4.98 Å². The first-order valence-corrected chi connectivity index (χ1v) is 11.6. The van der Waals surface area contributed by atoms with Crippen LogP contribution in [0.2, 0.25) is 5.02 Å². The molecular weight excluding hydrogens is 486 g/mol. The molecule has 3 aromatic rings. The Balaban J connectivity index is 1.85. The zero-order valence-electron chi connectivity index (χ0n) is 20.3. The number of pyridine rings is 1. The third-order valence-corrected chi connectivity index (χ3v) is 6.04. The van der Waals surface area contributed by atoms with Crippen molar-refractivity contribution < 1.29 is 34.0 Å². The number of hydrogen-bond donors (Lipinski definition) is 2. The number of methoxy groups -OCH3 is 2. The van der Waals surface area contributed by atoms with Crippen LogP contribution in [0.3, 0.4) is 0 Å². The van der Waals surface area contributed by atoms with Crippen molar-refractivity contribution in [3.8, 4) is 28.5 Å². The highest BCUT2D eigenvalue weighted by atomic mass is 35.5. The molecule has 0 saturated carbocycles. The molecule has 0 aliphatic rings. The summed E-state index contributed by atoms with van der Waals surface area (Å²) in [5.74, 6) is -0.664. The zero-order valence-corrected chi connectivity index (χ0v) is 21.0. The topological polar surface area (TPSA) is 115 Å². The lowest BCUT2D eigenvalue weighted by molar-refractivity contribution is 0.0787. The zero-order chi connectivity index (χ0) is 26.2. The number of hydrogen-bond acceptors (Lipinski definition) is 8. The van der Waals surface area contributed by atoms with Crippen LogP contribution in [0.15, 0.2) is 48.5 Å². The Labute approximate surface area is 214 Å². The van der Waals surface area contributed by atoms with Crippen LogP contribution in [-0.4, -0.2) is 60.8 Å². The largest absolute Gasteiger partial charge is 0.494 e. The molecule has 9 heteroatoms. The molecular formula is C27H28ClNO7. The van der Waals surface area contributed by atoms with E-state index in [1.807, 2.05) is 19.1 Å². The SMILES string of the molecule is COc1cc(C(=O)C[C@@H](CO)C(=O)c2ccc(OC)c(-c3ccc(C)c(Cl)c3)n2)ccc1OCCO. The molecule has 0 bridgehead atoms. The molecule has 0 unspecified atom stereocenters. The van der Waals surface area contributed by atoms with Crippen molar-refractivity contribution in [1.29, 1.82) is 0 Å². The van der Waals surface area contributed by atoms with E-state index in [2.05, 4.69) is 4.98 Å². The predicted octanol–water partition coefficient (Wildman–Crippen LogP) is 4.16. The van der Waals surface area contributed by atoms with E-state index in [4.69, 9.17) is 30.9 Å². The summed E-state index contributed by atoms with van der Waals surface area (Å²) in [6.45, 7) is 1.27. The number of Topliss-reactive ketones (excluding diaryl/α,β-unsaturated/α-hetero) is 2. The van der Waals surface area contributed by atoms with Crippen LogP contribution in [0, 0.1) is 12.8 Å². The van der Waals surface area contributed by atoms with Gasteiger partial charge in [0.25, 0.3) is 0 Å². The molecule has 1 aromatic heterocycles. The van der Waals surface area contributed by atoms with E-state index in [1.54, 1.807) is 24.3 Å². The Kier molecular flexibility index (Phi) is 9.41. The van der Waals surface area contributed by atoms with E-state index in [1.165, 1.54) is 26.4 Å². The lowest BCUT2D eigenvalue weighted by atomic mass is 9.93. The van der Waals surface area contributed by atoms with Gasteiger partial charge in [0, 0.05) is 22.6 Å². The van der Waals surface area contributed by atoms with Crippen LogP contribution in [0.4, 0.5) is 0 Å². The predicted molar refractivity (Wildman–Crippen MR) is 135 cm³/mol. The average Bonchev–Trinajstić information content (AvgIpc) is 2.91. The number of aliphatic hydroxyl groups excluding tert-OH is 2. The third kappa shape index (κ3) is 6.20. The number of rotatable bonds is 12. The van der Waals surface area contributed by atoms with Crippen molar-refractivity contribution in [3.05, 3.63) is 70.4 Å². The second kappa shape index (κ2) is 12.5. The lowest BCUT2D eigenvalue weighted by Crippen LogP contribution is -2.23. The van der Waals surface area contributed by atoms with Crippen molar-refractivity contribution in [2.45, 2.75) is 13.3 Å². The summed E-state index contributed by atoms with van der Waals surface area (Å²) in [6, 6.07) is 13.1. The number of aliphatic hydroxyl groups is 2. The van der Waals surface area contributed by atoms with E-state index >= 15 is 0 Å². The van der Waals surface area contributed by atoms with Gasteiger partial charge in [-0.2, -0.15) is 0 Å². The number of ketones is 2. The maximum Gasteiger partial charge on any atom is 0.187 e. The van der Waals surface area contributed by atoms with Gasteiger partial charge >= 0.3 is 0 Å². The molecule has 1 atom stereocenters. The minimum absolute atomic E-state index is 0.0797. The smallest absolute Gasteiger partial charge is 0.187 e. The fraction of sp³-hybridized carbons (Fsp3) is 0.296. The number of carbonyl (C=O) groups is 2. The first kappa shape index (κ1) is 27.1. The molecule has 1 heterocycles. The van der Waals surface area contributed by atoms with Gasteiger partial charge in [0.05, 0.1) is 33.4 Å². The quantitative estimate of drug-likeness (QED) is 0.347.